The molecule has 5 nitrogen and oxygen atoms in total. The average Bonchev–Trinajstić information content (AvgIpc) is 2.13. The highest BCUT2D eigenvalue weighted by Gasteiger charge is 2.37. The number of halogens is 3. The predicted octanol–water partition coefficient (Wildman–Crippen LogP) is 1.02. The van der Waals surface area contributed by atoms with Gasteiger partial charge in [-0.05, 0) is 6.07 Å². The zero-order chi connectivity index (χ0) is 12.6. The maximum absolute atomic E-state index is 12.4. The smallest absolute Gasteiger partial charge is 0.433 e. The highest BCUT2D eigenvalue weighted by atomic mass is 19.4. The van der Waals surface area contributed by atoms with Crippen LogP contribution in [0.4, 0.5) is 19.1 Å². The summed E-state index contributed by atoms with van der Waals surface area (Å²) in [4.78, 5) is 19.0. The topological polar surface area (TPSA) is 66.3 Å². The minimum atomic E-state index is -4.52. The summed E-state index contributed by atoms with van der Waals surface area (Å²) in [5.41, 5.74) is -1.03. The van der Waals surface area contributed by atoms with Crippen molar-refractivity contribution >= 4 is 11.9 Å². The summed E-state index contributed by atoms with van der Waals surface area (Å²) in [6.07, 6.45) is -3.51. The highest BCUT2D eigenvalue weighted by molar-refractivity contribution is 5.73. The van der Waals surface area contributed by atoms with Gasteiger partial charge < -0.3 is 10.0 Å². The Morgan fingerprint density at radius 1 is 1.47 bits per heavy atom. The van der Waals surface area contributed by atoms with Gasteiger partial charge >= 0.3 is 12.1 Å². The minimum absolute atomic E-state index is 0.0858. The molecule has 0 atom stereocenters. The summed E-state index contributed by atoms with van der Waals surface area (Å²) in [5, 5.41) is 8.63. The normalized spacial score (nSPS) is 16.8. The first-order chi connectivity index (χ1) is 7.88. The third-order valence-electron chi connectivity index (χ3n) is 2.45. The van der Waals surface area contributed by atoms with Gasteiger partial charge in [-0.15, -0.1) is 0 Å². The highest BCUT2D eigenvalue weighted by Crippen LogP contribution is 2.29. The molecule has 1 fully saturated rings. The molecule has 2 rings (SSSR count). The number of hydrogen-bond donors (Lipinski definition) is 1. The zero-order valence-corrected chi connectivity index (χ0v) is 8.48. The molecule has 0 bridgehead atoms. The van der Waals surface area contributed by atoms with Gasteiger partial charge in [0.2, 0.25) is 5.95 Å². The summed E-state index contributed by atoms with van der Waals surface area (Å²) in [6.45, 7) is 0.271. The summed E-state index contributed by atoms with van der Waals surface area (Å²) >= 11 is 0. The first-order valence-electron chi connectivity index (χ1n) is 4.76. The van der Waals surface area contributed by atoms with E-state index in [1.165, 1.54) is 4.90 Å². The molecule has 8 heteroatoms. The molecule has 0 saturated carbocycles. The van der Waals surface area contributed by atoms with Crippen LogP contribution in [0.3, 0.4) is 0 Å². The molecule has 1 aliphatic heterocycles. The van der Waals surface area contributed by atoms with Crippen LogP contribution in [0.1, 0.15) is 5.69 Å². The summed E-state index contributed by atoms with van der Waals surface area (Å²) in [5.74, 6) is -1.61. The molecule has 0 radical (unpaired) electrons. The summed E-state index contributed by atoms with van der Waals surface area (Å²) in [6, 6.07) is 0.776. The van der Waals surface area contributed by atoms with Crippen molar-refractivity contribution in [2.75, 3.05) is 18.0 Å². The van der Waals surface area contributed by atoms with E-state index in [2.05, 4.69) is 9.97 Å². The van der Waals surface area contributed by atoms with Gasteiger partial charge in [-0.2, -0.15) is 13.2 Å². The predicted molar refractivity (Wildman–Crippen MR) is 50.4 cm³/mol. The third-order valence-corrected chi connectivity index (χ3v) is 2.45. The monoisotopic (exact) mass is 247 g/mol. The van der Waals surface area contributed by atoms with Crippen molar-refractivity contribution < 1.29 is 23.1 Å². The van der Waals surface area contributed by atoms with E-state index in [0.29, 0.717) is 0 Å². The third kappa shape index (κ3) is 2.29. The summed E-state index contributed by atoms with van der Waals surface area (Å²) in [7, 11) is 0. The van der Waals surface area contributed by atoms with Crippen LogP contribution in [0.15, 0.2) is 12.3 Å². The lowest BCUT2D eigenvalue weighted by molar-refractivity contribution is -0.143. The molecule has 0 aliphatic carbocycles. The van der Waals surface area contributed by atoms with Gasteiger partial charge in [-0.1, -0.05) is 0 Å². The Hall–Kier alpha value is -1.86. The number of aliphatic carboxylic acids is 1. The number of aromatic nitrogens is 2. The van der Waals surface area contributed by atoms with Crippen LogP contribution < -0.4 is 4.90 Å². The number of carboxylic acids is 1. The summed E-state index contributed by atoms with van der Waals surface area (Å²) < 4.78 is 37.1. The quantitative estimate of drug-likeness (QED) is 0.845. The van der Waals surface area contributed by atoms with Gasteiger partial charge in [0, 0.05) is 19.3 Å². The number of carbonyl (C=O) groups is 1. The van der Waals surface area contributed by atoms with Gasteiger partial charge in [0.25, 0.3) is 0 Å². The molecule has 1 aliphatic rings. The molecule has 17 heavy (non-hydrogen) atoms. The molecule has 92 valence electrons. The lowest BCUT2D eigenvalue weighted by Crippen LogP contribution is -2.51. The van der Waals surface area contributed by atoms with Crippen LogP contribution in [0.2, 0.25) is 0 Å². The van der Waals surface area contributed by atoms with Gasteiger partial charge in [0.15, 0.2) is 0 Å². The Bertz CT molecular complexity index is 443. The van der Waals surface area contributed by atoms with Gasteiger partial charge in [0.1, 0.15) is 5.69 Å². The Morgan fingerprint density at radius 2 is 2.12 bits per heavy atom. The van der Waals surface area contributed by atoms with Crippen molar-refractivity contribution in [2.45, 2.75) is 6.18 Å². The minimum Gasteiger partial charge on any atom is -0.481 e. The average molecular weight is 247 g/mol. The maximum atomic E-state index is 12.4. The number of rotatable bonds is 2. The first kappa shape index (κ1) is 11.6. The second-order valence-electron chi connectivity index (χ2n) is 3.68. The second-order valence-corrected chi connectivity index (χ2v) is 3.68. The van der Waals surface area contributed by atoms with Gasteiger partial charge in [0.05, 0.1) is 5.92 Å². The molecule has 1 N–H and O–H groups in total. The van der Waals surface area contributed by atoms with Crippen LogP contribution in [0.5, 0.6) is 0 Å². The number of alkyl halides is 3. The largest absolute Gasteiger partial charge is 0.481 e. The molecule has 0 unspecified atom stereocenters. The Labute approximate surface area is 93.9 Å². The van der Waals surface area contributed by atoms with Crippen LogP contribution in [0.25, 0.3) is 0 Å². The fourth-order valence-electron chi connectivity index (χ4n) is 1.46. The van der Waals surface area contributed by atoms with Crippen molar-refractivity contribution in [1.29, 1.82) is 0 Å². The van der Waals surface area contributed by atoms with E-state index < -0.39 is 23.8 Å². The zero-order valence-electron chi connectivity index (χ0n) is 8.48. The van der Waals surface area contributed by atoms with E-state index in [9.17, 15) is 18.0 Å². The van der Waals surface area contributed by atoms with E-state index in [1.54, 1.807) is 0 Å². The maximum Gasteiger partial charge on any atom is 0.433 e. The SMILES string of the molecule is O=C(O)C1CN(c2nccc(C(F)(F)F)n2)C1. The van der Waals surface area contributed by atoms with Crippen LogP contribution in [-0.2, 0) is 11.0 Å². The molecular formula is C9H8F3N3O2. The Morgan fingerprint density at radius 3 is 2.65 bits per heavy atom. The molecule has 1 saturated heterocycles. The fraction of sp³-hybridized carbons (Fsp3) is 0.444. The second kappa shape index (κ2) is 3.86. The van der Waals surface area contributed by atoms with Crippen LogP contribution in [0, 0.1) is 5.92 Å². The van der Waals surface area contributed by atoms with Gasteiger partial charge in [-0.3, -0.25) is 4.79 Å². The van der Waals surface area contributed by atoms with E-state index >= 15 is 0 Å². The van der Waals surface area contributed by atoms with E-state index in [-0.39, 0.29) is 19.0 Å². The number of carboxylic acid groups (broad SMARTS) is 1. The van der Waals surface area contributed by atoms with E-state index in [4.69, 9.17) is 5.11 Å². The lowest BCUT2D eigenvalue weighted by Gasteiger charge is -2.36. The number of anilines is 1. The number of hydrogen-bond acceptors (Lipinski definition) is 4. The lowest BCUT2D eigenvalue weighted by atomic mass is 10.0. The number of nitrogens with zero attached hydrogens (tertiary/aromatic N) is 3. The molecule has 1 aromatic rings. The van der Waals surface area contributed by atoms with Crippen LogP contribution >= 0.6 is 0 Å². The Kier molecular flexibility index (Phi) is 2.64. The fourth-order valence-corrected chi connectivity index (χ4v) is 1.46. The van der Waals surface area contributed by atoms with E-state index in [0.717, 1.165) is 12.3 Å². The molecular weight excluding hydrogens is 239 g/mol. The van der Waals surface area contributed by atoms with Crippen molar-refractivity contribution in [2.24, 2.45) is 5.92 Å². The van der Waals surface area contributed by atoms with Gasteiger partial charge in [-0.25, -0.2) is 9.97 Å². The van der Waals surface area contributed by atoms with Crippen molar-refractivity contribution in [3.8, 4) is 0 Å². The molecule has 2 heterocycles. The van der Waals surface area contributed by atoms with Crippen molar-refractivity contribution in [3.05, 3.63) is 18.0 Å². The Balaban J connectivity index is 2.11. The van der Waals surface area contributed by atoms with Crippen molar-refractivity contribution in [1.82, 2.24) is 9.97 Å². The van der Waals surface area contributed by atoms with E-state index in [1.807, 2.05) is 0 Å². The standard InChI is InChI=1S/C9H8F3N3O2/c10-9(11,12)6-1-2-13-8(14-6)15-3-5(4-15)7(16)17/h1-2,5H,3-4H2,(H,16,17). The molecule has 0 aromatic carbocycles. The van der Waals surface area contributed by atoms with Crippen molar-refractivity contribution in [3.63, 3.8) is 0 Å². The van der Waals surface area contributed by atoms with Crippen LogP contribution in [-0.4, -0.2) is 34.1 Å². The molecule has 0 spiro atoms. The first-order valence-corrected chi connectivity index (χ1v) is 4.76. The molecule has 1 aromatic heterocycles. The molecule has 0 amide bonds.